The average molecular weight is 579 g/mol. The van der Waals surface area contributed by atoms with Crippen LogP contribution in [0.3, 0.4) is 0 Å². The van der Waals surface area contributed by atoms with Crippen molar-refractivity contribution in [2.75, 3.05) is 26.4 Å². The van der Waals surface area contributed by atoms with Crippen LogP contribution < -0.4 is 15.4 Å². The number of thiazole rings is 1. The van der Waals surface area contributed by atoms with Crippen molar-refractivity contribution >= 4 is 55.7 Å². The zero-order chi connectivity index (χ0) is 27.0. The van der Waals surface area contributed by atoms with Gasteiger partial charge in [0.15, 0.2) is 5.01 Å². The Morgan fingerprint density at radius 3 is 2.76 bits per heavy atom. The third-order valence-electron chi connectivity index (χ3n) is 7.17. The van der Waals surface area contributed by atoms with Gasteiger partial charge in [-0.2, -0.15) is 0 Å². The predicted molar refractivity (Wildman–Crippen MR) is 148 cm³/mol. The first kappa shape index (κ1) is 27.1. The maximum absolute atomic E-state index is 13.3. The summed E-state index contributed by atoms with van der Waals surface area (Å²) in [5.41, 5.74) is 2.18. The molecule has 204 valence electrons. The Balaban J connectivity index is 1.32. The van der Waals surface area contributed by atoms with Gasteiger partial charge in [0.1, 0.15) is 5.69 Å². The van der Waals surface area contributed by atoms with Gasteiger partial charge < -0.3 is 20.5 Å². The van der Waals surface area contributed by atoms with Gasteiger partial charge in [-0.05, 0) is 56.5 Å². The summed E-state index contributed by atoms with van der Waals surface area (Å²) >= 11 is 7.49. The molecule has 0 radical (unpaired) electrons. The van der Waals surface area contributed by atoms with Crippen LogP contribution in [0.25, 0.3) is 10.9 Å². The van der Waals surface area contributed by atoms with Gasteiger partial charge in [-0.1, -0.05) is 11.6 Å². The maximum atomic E-state index is 13.3. The highest BCUT2D eigenvalue weighted by Crippen LogP contribution is 2.28. The van der Waals surface area contributed by atoms with E-state index in [0.717, 1.165) is 47.2 Å². The maximum Gasteiger partial charge on any atom is 0.280 e. The predicted octanol–water partition coefficient (Wildman–Crippen LogP) is 2.51. The molecule has 0 saturated heterocycles. The molecule has 10 nitrogen and oxygen atoms in total. The molecule has 3 aromatic rings. The van der Waals surface area contributed by atoms with E-state index in [-0.39, 0.29) is 36.4 Å². The molecule has 1 aromatic carbocycles. The molecule has 0 spiro atoms. The van der Waals surface area contributed by atoms with Crippen LogP contribution in [-0.2, 0) is 23.0 Å². The fraction of sp³-hybridized carbons (Fsp3) is 0.480. The number of nitrogens with one attached hydrogen (secondary N) is 4. The van der Waals surface area contributed by atoms with Gasteiger partial charge in [0.2, 0.25) is 10.0 Å². The minimum Gasteiger partial charge on any atom is -0.351 e. The lowest BCUT2D eigenvalue weighted by atomic mass is 9.82. The smallest absolute Gasteiger partial charge is 0.280 e. The number of carbonyl (C=O) groups is 2. The number of aromatic amines is 1. The second-order valence-electron chi connectivity index (χ2n) is 10.3. The third-order valence-corrected chi connectivity index (χ3v) is 9.18. The summed E-state index contributed by atoms with van der Waals surface area (Å²) in [5.74, 6) is -0.521. The molecule has 0 bridgehead atoms. The van der Waals surface area contributed by atoms with Crippen LogP contribution in [0, 0.1) is 5.92 Å². The number of benzene rings is 1. The number of amides is 2. The zero-order valence-corrected chi connectivity index (χ0v) is 23.6. The van der Waals surface area contributed by atoms with Gasteiger partial charge in [0.05, 0.1) is 11.9 Å². The summed E-state index contributed by atoms with van der Waals surface area (Å²) in [4.78, 5) is 37.5. The third kappa shape index (κ3) is 6.37. The van der Waals surface area contributed by atoms with E-state index in [1.165, 1.54) is 11.3 Å². The Kier molecular flexibility index (Phi) is 7.79. The lowest BCUT2D eigenvalue weighted by Gasteiger charge is -2.36. The highest BCUT2D eigenvalue weighted by Gasteiger charge is 2.34. The van der Waals surface area contributed by atoms with E-state index in [4.69, 9.17) is 11.6 Å². The number of likely N-dealkylation sites (N-methyl/N-ethyl adjacent to an activating group) is 1. The molecule has 1 fully saturated rings. The molecule has 1 saturated carbocycles. The number of aromatic nitrogens is 2. The van der Waals surface area contributed by atoms with Crippen LogP contribution in [0.2, 0.25) is 5.02 Å². The molecule has 3 atom stereocenters. The number of hydrogen-bond acceptors (Lipinski definition) is 7. The molecule has 3 heterocycles. The van der Waals surface area contributed by atoms with Crippen molar-refractivity contribution in [2.24, 2.45) is 5.92 Å². The van der Waals surface area contributed by atoms with Crippen molar-refractivity contribution in [3.8, 4) is 0 Å². The number of carbonyl (C=O) groups excluding carboxylic acids is 2. The molecule has 1 aliphatic carbocycles. The number of halogens is 1. The van der Waals surface area contributed by atoms with Crippen molar-refractivity contribution in [2.45, 2.75) is 44.3 Å². The van der Waals surface area contributed by atoms with Crippen LogP contribution in [-0.4, -0.2) is 73.6 Å². The van der Waals surface area contributed by atoms with Crippen LogP contribution in [0.1, 0.15) is 50.1 Å². The van der Waals surface area contributed by atoms with E-state index >= 15 is 0 Å². The molecule has 4 N–H and O–H groups in total. The van der Waals surface area contributed by atoms with Gasteiger partial charge in [0, 0.05) is 58.9 Å². The Labute approximate surface area is 230 Å². The first-order valence-electron chi connectivity index (χ1n) is 12.6. The molecule has 5 rings (SSSR count). The molecule has 2 aromatic heterocycles. The molecule has 2 amide bonds. The fourth-order valence-electron chi connectivity index (χ4n) is 5.17. The summed E-state index contributed by atoms with van der Waals surface area (Å²) in [7, 11) is -1.29. The van der Waals surface area contributed by atoms with Crippen molar-refractivity contribution in [3.63, 3.8) is 0 Å². The summed E-state index contributed by atoms with van der Waals surface area (Å²) in [5, 5.41) is 8.02. The second-order valence-corrected chi connectivity index (χ2v) is 13.6. The van der Waals surface area contributed by atoms with Crippen molar-refractivity contribution < 1.29 is 18.0 Å². The number of H-pyrrole nitrogens is 1. The SMILES string of the molecule is CN1CCc2nc(C(=O)N[C@@H]3C[C@@H](CNS(C)(=O)=O)CC[C@@H]3NC(=O)c3cc4cc(Cl)ccc4[nH]3)sc2C1. The number of rotatable bonds is 7. The first-order chi connectivity index (χ1) is 18.0. The van der Waals surface area contributed by atoms with E-state index in [2.05, 4.69) is 30.2 Å². The summed E-state index contributed by atoms with van der Waals surface area (Å²) in [6.45, 7) is 1.97. The minimum atomic E-state index is -3.33. The van der Waals surface area contributed by atoms with E-state index in [0.29, 0.717) is 35.0 Å². The van der Waals surface area contributed by atoms with Gasteiger partial charge in [0.25, 0.3) is 11.8 Å². The monoisotopic (exact) mass is 578 g/mol. The molecular weight excluding hydrogens is 548 g/mol. The molecule has 0 unspecified atom stereocenters. The summed E-state index contributed by atoms with van der Waals surface area (Å²) < 4.78 is 25.9. The molecule has 13 heteroatoms. The Hall–Kier alpha value is -2.51. The number of nitrogens with zero attached hydrogens (tertiary/aromatic N) is 2. The first-order valence-corrected chi connectivity index (χ1v) is 15.6. The lowest BCUT2D eigenvalue weighted by Crippen LogP contribution is -2.55. The highest BCUT2D eigenvalue weighted by atomic mass is 35.5. The lowest BCUT2D eigenvalue weighted by molar-refractivity contribution is 0.0843. The minimum absolute atomic E-state index is 0.0246. The largest absolute Gasteiger partial charge is 0.351 e. The molecule has 1 aliphatic heterocycles. The van der Waals surface area contributed by atoms with Crippen LogP contribution in [0.4, 0.5) is 0 Å². The normalized spacial score (nSPS) is 22.2. The van der Waals surface area contributed by atoms with Gasteiger partial charge in [-0.25, -0.2) is 18.1 Å². The average Bonchev–Trinajstić information content (AvgIpc) is 3.47. The van der Waals surface area contributed by atoms with Crippen molar-refractivity contribution in [1.82, 2.24) is 30.2 Å². The van der Waals surface area contributed by atoms with Gasteiger partial charge in [-0.15, -0.1) is 11.3 Å². The van der Waals surface area contributed by atoms with E-state index < -0.39 is 10.0 Å². The molecule has 38 heavy (non-hydrogen) atoms. The number of sulfonamides is 1. The van der Waals surface area contributed by atoms with Crippen LogP contribution in [0.5, 0.6) is 0 Å². The topological polar surface area (TPSA) is 136 Å². The van der Waals surface area contributed by atoms with Crippen LogP contribution in [0.15, 0.2) is 24.3 Å². The molecule has 2 aliphatic rings. The standard InChI is InChI=1S/C25H31ClN6O4S2/c1-32-8-7-19-22(13-32)37-25(31-19)24(34)30-20-9-14(12-27-38(2,35)36)3-5-18(20)29-23(33)21-11-15-10-16(26)4-6-17(15)28-21/h4,6,10-11,14,18,20,27-28H,3,5,7-9,12-13H2,1-2H3,(H,29,33)(H,30,34)/t14-,18-,20+/m0/s1. The Morgan fingerprint density at radius 1 is 1.18 bits per heavy atom. The number of fused-ring (bicyclic) bond motifs is 2. The van der Waals surface area contributed by atoms with Crippen LogP contribution >= 0.6 is 22.9 Å². The summed E-state index contributed by atoms with van der Waals surface area (Å²) in [6, 6.07) is 6.42. The highest BCUT2D eigenvalue weighted by molar-refractivity contribution is 7.88. The van der Waals surface area contributed by atoms with Crippen molar-refractivity contribution in [1.29, 1.82) is 0 Å². The number of hydrogen-bond donors (Lipinski definition) is 4. The molecular formula is C25H31ClN6O4S2. The quantitative estimate of drug-likeness (QED) is 0.340. The fourth-order valence-corrected chi connectivity index (χ4v) is 6.98. The Bertz CT molecular complexity index is 1470. The van der Waals surface area contributed by atoms with Gasteiger partial charge >= 0.3 is 0 Å². The van der Waals surface area contributed by atoms with Crippen molar-refractivity contribution in [3.05, 3.63) is 50.6 Å². The van der Waals surface area contributed by atoms with E-state index in [1.807, 2.05) is 13.1 Å². The Morgan fingerprint density at radius 2 is 1.97 bits per heavy atom. The van der Waals surface area contributed by atoms with E-state index in [1.54, 1.807) is 18.2 Å². The van der Waals surface area contributed by atoms with Gasteiger partial charge in [-0.3, -0.25) is 9.59 Å². The second kappa shape index (κ2) is 10.9. The summed E-state index contributed by atoms with van der Waals surface area (Å²) in [6.07, 6.45) is 3.77. The van der Waals surface area contributed by atoms with E-state index in [9.17, 15) is 18.0 Å². The zero-order valence-electron chi connectivity index (χ0n) is 21.2.